The number of rotatable bonds is 2. The van der Waals surface area contributed by atoms with Gasteiger partial charge in [-0.3, -0.25) is 0 Å². The Labute approximate surface area is 59.9 Å². The molecule has 0 saturated heterocycles. The van der Waals surface area contributed by atoms with E-state index in [1.54, 1.807) is 6.08 Å². The van der Waals surface area contributed by atoms with Gasteiger partial charge in [-0.2, -0.15) is 0 Å². The van der Waals surface area contributed by atoms with E-state index in [2.05, 4.69) is 6.58 Å². The van der Waals surface area contributed by atoms with Gasteiger partial charge in [-0.1, -0.05) is 6.08 Å². The van der Waals surface area contributed by atoms with Crippen molar-refractivity contribution in [3.63, 3.8) is 0 Å². The molecule has 0 bridgehead atoms. The van der Waals surface area contributed by atoms with Crippen LogP contribution in [0.3, 0.4) is 0 Å². The van der Waals surface area contributed by atoms with Crippen LogP contribution in [0.2, 0.25) is 0 Å². The molecule has 0 aliphatic heterocycles. The molecule has 0 aromatic rings. The summed E-state index contributed by atoms with van der Waals surface area (Å²) in [6.07, 6.45) is 2.72. The fraction of sp³-hybridized carbons (Fsp3) is 0.500. The maximum Gasteiger partial charge on any atom is 0.692 e. The van der Waals surface area contributed by atoms with Crippen LogP contribution in [0.1, 0.15) is 6.42 Å². The Hall–Kier alpha value is 0.0500. The molecule has 5 heteroatoms. The van der Waals surface area contributed by atoms with Crippen LogP contribution in [0.4, 0.5) is 0 Å². The van der Waals surface area contributed by atoms with Crippen molar-refractivity contribution >= 4 is 19.9 Å². The fourth-order valence-corrected chi connectivity index (χ4v) is 0.231. The van der Waals surface area contributed by atoms with Crippen LogP contribution in [0.5, 0.6) is 0 Å². The summed E-state index contributed by atoms with van der Waals surface area (Å²) < 4.78 is 8.70. The van der Waals surface area contributed by atoms with Crippen molar-refractivity contribution in [1.29, 1.82) is 0 Å². The molecule has 54 valence electrons. The second-order valence-corrected chi connectivity index (χ2v) is 1.90. The molecule has 0 atom stereocenters. The van der Waals surface area contributed by atoms with E-state index in [4.69, 9.17) is 26.0 Å². The first-order chi connectivity index (χ1) is 4.15. The average molecular weight is 172 g/mol. The Bertz CT molecular complexity index is 81.9. The molecule has 0 amide bonds. The highest BCUT2D eigenvalue weighted by molar-refractivity contribution is 7.30. The third kappa shape index (κ3) is 70.1. The summed E-state index contributed by atoms with van der Waals surface area (Å²) in [6, 6.07) is 0. The predicted molar refractivity (Wildman–Crippen MR) is 37.6 cm³/mol. The van der Waals surface area contributed by atoms with Gasteiger partial charge in [0.2, 0.25) is 0 Å². The predicted octanol–water partition coefficient (Wildman–Crippen LogP) is 1.43. The lowest BCUT2D eigenvalue weighted by molar-refractivity contribution is 0.405. The number of halogens is 1. The summed E-state index contributed by atoms with van der Waals surface area (Å²) >= 11 is 5.23. The molecule has 0 unspecified atom stereocenters. The average Bonchev–Trinajstić information content (AvgIpc) is 1.66. The van der Waals surface area contributed by atoms with Crippen molar-refractivity contribution in [2.75, 3.05) is 5.88 Å². The van der Waals surface area contributed by atoms with Gasteiger partial charge in [0.15, 0.2) is 0 Å². The van der Waals surface area contributed by atoms with Crippen LogP contribution in [-0.4, -0.2) is 15.7 Å². The number of alkyl halides is 1. The summed E-state index contributed by atoms with van der Waals surface area (Å²) in [5.41, 5.74) is 0. The van der Waals surface area contributed by atoms with Crippen molar-refractivity contribution in [1.82, 2.24) is 0 Å². The molecule has 0 rings (SSSR count). The third-order valence-electron chi connectivity index (χ3n) is 0.313. The van der Waals surface area contributed by atoms with Gasteiger partial charge in [0, 0.05) is 10.4 Å². The molecule has 0 radical (unpaired) electrons. The number of allylic oxidation sites excluding steroid dienone is 1. The monoisotopic (exact) mass is 171 g/mol. The smallest absolute Gasteiger partial charge is 0.134 e. The van der Waals surface area contributed by atoms with Crippen LogP contribution in [0.15, 0.2) is 12.7 Å². The van der Waals surface area contributed by atoms with Gasteiger partial charge < -0.3 is 0 Å². The van der Waals surface area contributed by atoms with Gasteiger partial charge in [0.1, 0.15) is 0 Å². The van der Waals surface area contributed by atoms with Crippen molar-refractivity contribution in [2.45, 2.75) is 6.42 Å². The lowest BCUT2D eigenvalue weighted by atomic mass is 10.5. The molecule has 0 heterocycles. The van der Waals surface area contributed by atoms with Crippen molar-refractivity contribution < 1.29 is 14.4 Å². The molecule has 0 aliphatic carbocycles. The molecular formula is C4H9ClO3P+. The van der Waals surface area contributed by atoms with Gasteiger partial charge in [0.05, 0.1) is 0 Å². The Balaban J connectivity index is 0. The zero-order valence-electron chi connectivity index (χ0n) is 4.83. The largest absolute Gasteiger partial charge is 0.692 e. The molecule has 0 aromatic heterocycles. The van der Waals surface area contributed by atoms with E-state index in [0.717, 1.165) is 6.42 Å². The van der Waals surface area contributed by atoms with E-state index < -0.39 is 8.25 Å². The van der Waals surface area contributed by atoms with E-state index in [1.807, 2.05) is 0 Å². The molecule has 0 aliphatic rings. The normalized spacial score (nSPS) is 7.00. The summed E-state index contributed by atoms with van der Waals surface area (Å²) in [7, 11) is -2.87. The standard InChI is InChI=1S/C4H7Cl.HO3P/c1-2-3-4-5;1-4(2)3/h2H,1,3-4H2;(H-,1,2,3)/p+1. The SMILES string of the molecule is C=CCCCl.O=[P+](O)O. The minimum Gasteiger partial charge on any atom is -0.134 e. The lowest BCUT2D eigenvalue weighted by Gasteiger charge is -1.70. The molecule has 3 nitrogen and oxygen atoms in total. The maximum atomic E-state index is 8.70. The zero-order chi connectivity index (χ0) is 7.70. The van der Waals surface area contributed by atoms with Crippen molar-refractivity contribution in [3.8, 4) is 0 Å². The van der Waals surface area contributed by atoms with Gasteiger partial charge in [-0.25, -0.2) is 0 Å². The molecule has 0 aromatic carbocycles. The van der Waals surface area contributed by atoms with Crippen LogP contribution < -0.4 is 0 Å². The van der Waals surface area contributed by atoms with Gasteiger partial charge in [-0.05, 0) is 6.42 Å². The Morgan fingerprint density at radius 1 is 1.67 bits per heavy atom. The second kappa shape index (κ2) is 10.9. The second-order valence-electron chi connectivity index (χ2n) is 1.02. The minimum absolute atomic E-state index is 0.698. The van der Waals surface area contributed by atoms with Crippen molar-refractivity contribution in [2.24, 2.45) is 0 Å². The molecule has 9 heavy (non-hydrogen) atoms. The highest BCUT2D eigenvalue weighted by atomic mass is 35.5. The first kappa shape index (κ1) is 11.8. The summed E-state index contributed by atoms with van der Waals surface area (Å²) in [5.74, 6) is 0.698. The summed E-state index contributed by atoms with van der Waals surface area (Å²) in [5, 5.41) is 0. The summed E-state index contributed by atoms with van der Waals surface area (Å²) in [6.45, 7) is 3.47. The first-order valence-electron chi connectivity index (χ1n) is 2.17. The molecule has 0 spiro atoms. The molecule has 2 N–H and O–H groups in total. The van der Waals surface area contributed by atoms with Crippen LogP contribution >= 0.6 is 19.9 Å². The number of hydrogen-bond acceptors (Lipinski definition) is 1. The molecular weight excluding hydrogens is 162 g/mol. The Morgan fingerprint density at radius 2 is 2.00 bits per heavy atom. The number of hydrogen-bond donors (Lipinski definition) is 2. The van der Waals surface area contributed by atoms with Crippen LogP contribution in [0.25, 0.3) is 0 Å². The van der Waals surface area contributed by atoms with E-state index in [0.29, 0.717) is 5.88 Å². The minimum atomic E-state index is -2.87. The van der Waals surface area contributed by atoms with Crippen molar-refractivity contribution in [3.05, 3.63) is 12.7 Å². The Morgan fingerprint density at radius 3 is 2.00 bits per heavy atom. The lowest BCUT2D eigenvalue weighted by Crippen LogP contribution is -1.59. The Kier molecular flexibility index (Phi) is 14.3. The fourth-order valence-electron chi connectivity index (χ4n) is 0.0772. The van der Waals surface area contributed by atoms with E-state index >= 15 is 0 Å². The van der Waals surface area contributed by atoms with E-state index in [-0.39, 0.29) is 0 Å². The van der Waals surface area contributed by atoms with Crippen LogP contribution in [0, 0.1) is 0 Å². The van der Waals surface area contributed by atoms with E-state index in [9.17, 15) is 0 Å². The van der Waals surface area contributed by atoms with Gasteiger partial charge >= 0.3 is 8.25 Å². The zero-order valence-corrected chi connectivity index (χ0v) is 6.48. The quantitative estimate of drug-likeness (QED) is 0.375. The van der Waals surface area contributed by atoms with E-state index in [1.165, 1.54) is 0 Å². The maximum absolute atomic E-state index is 8.70. The van der Waals surface area contributed by atoms with Crippen LogP contribution in [-0.2, 0) is 4.57 Å². The van der Waals surface area contributed by atoms with Gasteiger partial charge in [0.25, 0.3) is 0 Å². The highest BCUT2D eigenvalue weighted by Gasteiger charge is 1.93. The third-order valence-corrected chi connectivity index (χ3v) is 0.531. The molecule has 0 saturated carbocycles. The molecule has 0 fully saturated rings. The first-order valence-corrected chi connectivity index (χ1v) is 3.87. The van der Waals surface area contributed by atoms with Gasteiger partial charge in [-0.15, -0.1) is 28.0 Å². The summed E-state index contributed by atoms with van der Waals surface area (Å²) in [4.78, 5) is 14.2. The topological polar surface area (TPSA) is 57.5 Å². The highest BCUT2D eigenvalue weighted by Crippen LogP contribution is 1.98.